The van der Waals surface area contributed by atoms with Crippen LogP contribution < -0.4 is 16.0 Å². The molecule has 3 N–H and O–H groups in total. The summed E-state index contributed by atoms with van der Waals surface area (Å²) >= 11 is 0. The van der Waals surface area contributed by atoms with Crippen molar-refractivity contribution in [3.05, 3.63) is 89.7 Å². The van der Waals surface area contributed by atoms with Gasteiger partial charge in [-0.05, 0) is 35.9 Å². The Morgan fingerprint density at radius 2 is 1.53 bits per heavy atom. The highest BCUT2D eigenvalue weighted by atomic mass is 19.1. The van der Waals surface area contributed by atoms with Gasteiger partial charge in [-0.15, -0.1) is 0 Å². The van der Waals surface area contributed by atoms with Gasteiger partial charge in [0, 0.05) is 5.69 Å². The number of methoxy groups -OCH3 is 1. The second-order valence-corrected chi connectivity index (χ2v) is 6.84. The van der Waals surface area contributed by atoms with Gasteiger partial charge in [-0.2, -0.15) is 0 Å². The van der Waals surface area contributed by atoms with Gasteiger partial charge >= 0.3 is 5.97 Å². The molecule has 164 valence electrons. The molecule has 0 aliphatic rings. The van der Waals surface area contributed by atoms with Gasteiger partial charge in [-0.3, -0.25) is 9.59 Å². The smallest absolute Gasteiger partial charge is 0.339 e. The predicted octanol–water partition coefficient (Wildman–Crippen LogP) is 3.84. The molecule has 8 heteroatoms. The zero-order valence-corrected chi connectivity index (χ0v) is 17.4. The van der Waals surface area contributed by atoms with Crippen LogP contribution in [-0.2, 0) is 20.7 Å². The van der Waals surface area contributed by atoms with E-state index in [1.54, 1.807) is 24.3 Å². The number of anilines is 3. The van der Waals surface area contributed by atoms with Crippen molar-refractivity contribution >= 4 is 34.8 Å². The maximum absolute atomic E-state index is 14.1. The van der Waals surface area contributed by atoms with E-state index in [4.69, 9.17) is 4.74 Å². The van der Waals surface area contributed by atoms with Gasteiger partial charge in [0.25, 0.3) is 0 Å². The quantitative estimate of drug-likeness (QED) is 0.467. The molecule has 0 atom stereocenters. The van der Waals surface area contributed by atoms with Crippen LogP contribution in [-0.4, -0.2) is 31.4 Å². The summed E-state index contributed by atoms with van der Waals surface area (Å²) in [6.45, 7) is -0.140. The number of esters is 1. The lowest BCUT2D eigenvalue weighted by atomic mass is 10.1. The Bertz CT molecular complexity index is 1120. The summed E-state index contributed by atoms with van der Waals surface area (Å²) in [5, 5.41) is 8.05. The molecule has 3 rings (SSSR count). The number of nitrogens with one attached hydrogen (secondary N) is 3. The number of para-hydroxylation sites is 1. The SMILES string of the molecule is COC(=O)c1ccccc1NC(=O)CNc1ccc(F)c(NC(=O)Cc2ccccc2)c1. The Hall–Kier alpha value is -4.20. The molecule has 3 aromatic rings. The summed E-state index contributed by atoms with van der Waals surface area (Å²) in [4.78, 5) is 36.3. The van der Waals surface area contributed by atoms with Gasteiger partial charge in [0.15, 0.2) is 0 Å². The molecule has 0 aliphatic heterocycles. The first-order valence-electron chi connectivity index (χ1n) is 9.80. The van der Waals surface area contributed by atoms with Crippen molar-refractivity contribution in [3.63, 3.8) is 0 Å². The van der Waals surface area contributed by atoms with E-state index in [-0.39, 0.29) is 30.1 Å². The molecule has 0 bridgehead atoms. The summed E-state index contributed by atoms with van der Waals surface area (Å²) in [7, 11) is 1.26. The van der Waals surface area contributed by atoms with Crippen molar-refractivity contribution in [3.8, 4) is 0 Å². The van der Waals surface area contributed by atoms with E-state index < -0.39 is 17.7 Å². The van der Waals surface area contributed by atoms with Crippen LogP contribution in [0.25, 0.3) is 0 Å². The summed E-state index contributed by atoms with van der Waals surface area (Å²) in [6, 6.07) is 19.6. The molecule has 0 radical (unpaired) electrons. The third-order valence-corrected chi connectivity index (χ3v) is 4.51. The lowest BCUT2D eigenvalue weighted by Crippen LogP contribution is -2.23. The molecule has 0 spiro atoms. The molecule has 0 aromatic heterocycles. The van der Waals surface area contributed by atoms with Crippen molar-refractivity contribution < 1.29 is 23.5 Å². The number of ether oxygens (including phenoxy) is 1. The minimum Gasteiger partial charge on any atom is -0.465 e. The van der Waals surface area contributed by atoms with Crippen LogP contribution in [0.4, 0.5) is 21.5 Å². The fourth-order valence-corrected chi connectivity index (χ4v) is 2.96. The van der Waals surface area contributed by atoms with Crippen molar-refractivity contribution in [2.45, 2.75) is 6.42 Å². The highest BCUT2D eigenvalue weighted by Crippen LogP contribution is 2.20. The maximum atomic E-state index is 14.1. The number of rotatable bonds is 8. The first-order chi connectivity index (χ1) is 15.5. The molecule has 0 heterocycles. The second-order valence-electron chi connectivity index (χ2n) is 6.84. The largest absolute Gasteiger partial charge is 0.465 e. The lowest BCUT2D eigenvalue weighted by Gasteiger charge is -2.12. The summed E-state index contributed by atoms with van der Waals surface area (Å²) in [5.74, 6) is -1.93. The van der Waals surface area contributed by atoms with E-state index in [0.717, 1.165) is 5.56 Å². The number of halogens is 1. The van der Waals surface area contributed by atoms with Gasteiger partial charge in [0.2, 0.25) is 11.8 Å². The molecule has 0 saturated heterocycles. The molecule has 0 aliphatic carbocycles. The Morgan fingerprint density at radius 1 is 0.844 bits per heavy atom. The Labute approximate surface area is 184 Å². The van der Waals surface area contributed by atoms with E-state index in [1.165, 1.54) is 25.3 Å². The highest BCUT2D eigenvalue weighted by Gasteiger charge is 2.14. The minimum absolute atomic E-state index is 0.00683. The van der Waals surface area contributed by atoms with Gasteiger partial charge in [-0.1, -0.05) is 42.5 Å². The van der Waals surface area contributed by atoms with Crippen molar-refractivity contribution in [2.75, 3.05) is 29.6 Å². The van der Waals surface area contributed by atoms with Crippen molar-refractivity contribution in [1.29, 1.82) is 0 Å². The molecule has 32 heavy (non-hydrogen) atoms. The van der Waals surface area contributed by atoms with E-state index in [1.807, 2.05) is 30.3 Å². The fourth-order valence-electron chi connectivity index (χ4n) is 2.96. The topological polar surface area (TPSA) is 96.5 Å². The molecule has 0 fully saturated rings. The van der Waals surface area contributed by atoms with E-state index >= 15 is 0 Å². The molecule has 7 nitrogen and oxygen atoms in total. The number of carbonyl (C=O) groups excluding carboxylic acids is 3. The predicted molar refractivity (Wildman–Crippen MR) is 120 cm³/mol. The van der Waals surface area contributed by atoms with E-state index in [0.29, 0.717) is 11.4 Å². The minimum atomic E-state index is -0.589. The first-order valence-corrected chi connectivity index (χ1v) is 9.80. The Kier molecular flexibility index (Phi) is 7.53. The third kappa shape index (κ3) is 6.15. The molecular formula is C24H22FN3O4. The zero-order chi connectivity index (χ0) is 22.9. The standard InChI is InChI=1S/C24H22FN3O4/c1-32-24(31)18-9-5-6-10-20(18)27-23(30)15-26-17-11-12-19(25)21(14-17)28-22(29)13-16-7-3-2-4-8-16/h2-12,14,26H,13,15H2,1H3,(H,27,30)(H,28,29). The molecule has 2 amide bonds. The van der Waals surface area contributed by atoms with Gasteiger partial charge in [-0.25, -0.2) is 9.18 Å². The average molecular weight is 435 g/mol. The van der Waals surface area contributed by atoms with E-state index in [9.17, 15) is 18.8 Å². The number of amides is 2. The highest BCUT2D eigenvalue weighted by molar-refractivity contribution is 6.02. The fraction of sp³-hybridized carbons (Fsp3) is 0.125. The van der Waals surface area contributed by atoms with Crippen LogP contribution in [0, 0.1) is 5.82 Å². The van der Waals surface area contributed by atoms with Crippen LogP contribution in [0.15, 0.2) is 72.8 Å². The molecule has 3 aromatic carbocycles. The maximum Gasteiger partial charge on any atom is 0.339 e. The molecular weight excluding hydrogens is 413 g/mol. The second kappa shape index (κ2) is 10.7. The van der Waals surface area contributed by atoms with Gasteiger partial charge < -0.3 is 20.7 Å². The number of hydrogen-bond acceptors (Lipinski definition) is 5. The van der Waals surface area contributed by atoms with Crippen LogP contribution in [0.2, 0.25) is 0 Å². The van der Waals surface area contributed by atoms with Crippen LogP contribution in [0.3, 0.4) is 0 Å². The normalized spacial score (nSPS) is 10.2. The first kappa shape index (κ1) is 22.5. The van der Waals surface area contributed by atoms with Crippen molar-refractivity contribution in [2.24, 2.45) is 0 Å². The average Bonchev–Trinajstić information content (AvgIpc) is 2.80. The monoisotopic (exact) mass is 435 g/mol. The zero-order valence-electron chi connectivity index (χ0n) is 17.4. The van der Waals surface area contributed by atoms with Gasteiger partial charge in [0.05, 0.1) is 37.0 Å². The van der Waals surface area contributed by atoms with E-state index in [2.05, 4.69) is 16.0 Å². The summed E-state index contributed by atoms with van der Waals surface area (Å²) in [6.07, 6.45) is 0.111. The molecule has 0 saturated carbocycles. The Balaban J connectivity index is 1.59. The Morgan fingerprint density at radius 3 is 2.28 bits per heavy atom. The van der Waals surface area contributed by atoms with Crippen molar-refractivity contribution in [1.82, 2.24) is 0 Å². The molecule has 0 unspecified atom stereocenters. The van der Waals surface area contributed by atoms with Crippen LogP contribution in [0.1, 0.15) is 15.9 Å². The van der Waals surface area contributed by atoms with Crippen LogP contribution in [0.5, 0.6) is 0 Å². The number of carbonyl (C=O) groups is 3. The lowest BCUT2D eigenvalue weighted by molar-refractivity contribution is -0.116. The number of benzene rings is 3. The van der Waals surface area contributed by atoms with Crippen LogP contribution >= 0.6 is 0 Å². The summed E-state index contributed by atoms with van der Waals surface area (Å²) < 4.78 is 18.8. The third-order valence-electron chi connectivity index (χ3n) is 4.51. The summed E-state index contributed by atoms with van der Waals surface area (Å²) in [5.41, 5.74) is 1.81. The van der Waals surface area contributed by atoms with Gasteiger partial charge in [0.1, 0.15) is 5.82 Å². The number of hydrogen-bond donors (Lipinski definition) is 3.